The summed E-state index contributed by atoms with van der Waals surface area (Å²) in [4.78, 5) is 11.6. The predicted octanol–water partition coefficient (Wildman–Crippen LogP) is 5.45. The van der Waals surface area contributed by atoms with E-state index < -0.39 is 17.2 Å². The van der Waals surface area contributed by atoms with E-state index in [1.54, 1.807) is 0 Å². The fraction of sp³-hybridized carbons (Fsp3) is 0.619. The maximum Gasteiger partial charge on any atom is 0.132 e. The molecule has 4 heteroatoms. The van der Waals surface area contributed by atoms with Crippen molar-refractivity contribution in [2.24, 2.45) is 11.1 Å². The summed E-state index contributed by atoms with van der Waals surface area (Å²) >= 11 is 0. The van der Waals surface area contributed by atoms with Gasteiger partial charge in [-0.15, -0.1) is 0 Å². The summed E-state index contributed by atoms with van der Waals surface area (Å²) in [5, 5.41) is 14.1. The number of rotatable bonds is 9. The summed E-state index contributed by atoms with van der Waals surface area (Å²) in [6.07, 6.45) is 2.48. The summed E-state index contributed by atoms with van der Waals surface area (Å²) < 4.78 is 5.90. The minimum absolute atomic E-state index is 0.00712. The number of aliphatic hydroxyl groups excluding tert-OH is 1. The van der Waals surface area contributed by atoms with Crippen LogP contribution in [-0.4, -0.2) is 22.4 Å². The highest BCUT2D eigenvalue weighted by Gasteiger charge is 2.47. The van der Waals surface area contributed by atoms with Gasteiger partial charge >= 0.3 is 0 Å². The molecule has 4 unspecified atom stereocenters. The van der Waals surface area contributed by atoms with E-state index in [1.807, 2.05) is 27.7 Å². The Bertz CT molecular complexity index is 580. The van der Waals surface area contributed by atoms with E-state index in [1.165, 1.54) is 0 Å². The van der Waals surface area contributed by atoms with Gasteiger partial charge in [0.1, 0.15) is 16.9 Å². The standard InChI is InChI=1S/C21H33NO3/c1-14(2)16(5)9-11-20(7,22-24)18-10-12-21(8,19(23)13-18)25-17(6)15(3)4/h18-19,23H,1,3,5-6,9-13H2,2,4,7-8H3. The second kappa shape index (κ2) is 8.13. The zero-order valence-corrected chi connectivity index (χ0v) is 16.2. The van der Waals surface area contributed by atoms with Crippen LogP contribution in [0.25, 0.3) is 0 Å². The van der Waals surface area contributed by atoms with E-state index in [0.717, 1.165) is 23.1 Å². The van der Waals surface area contributed by atoms with Gasteiger partial charge in [0.15, 0.2) is 0 Å². The summed E-state index contributed by atoms with van der Waals surface area (Å²) in [6.45, 7) is 23.1. The first kappa shape index (κ1) is 21.4. The van der Waals surface area contributed by atoms with Crippen molar-refractivity contribution in [3.05, 3.63) is 53.7 Å². The summed E-state index contributed by atoms with van der Waals surface area (Å²) in [5.41, 5.74) is 1.17. The van der Waals surface area contributed by atoms with Crippen LogP contribution in [-0.2, 0) is 4.74 Å². The maximum atomic E-state index is 11.6. The van der Waals surface area contributed by atoms with E-state index >= 15 is 0 Å². The van der Waals surface area contributed by atoms with Gasteiger partial charge < -0.3 is 9.84 Å². The molecule has 1 N–H and O–H groups in total. The molecule has 0 heterocycles. The number of nitrogens with zero attached hydrogens (tertiary/aromatic N) is 1. The average Bonchev–Trinajstić information content (AvgIpc) is 2.54. The minimum atomic E-state index is -0.730. The number of aliphatic hydroxyl groups is 1. The van der Waals surface area contributed by atoms with Crippen molar-refractivity contribution in [3.63, 3.8) is 0 Å². The molecule has 1 aliphatic rings. The molecule has 1 rings (SSSR count). The Morgan fingerprint density at radius 1 is 1.28 bits per heavy atom. The van der Waals surface area contributed by atoms with Crippen LogP contribution in [0.1, 0.15) is 59.8 Å². The molecular weight excluding hydrogens is 314 g/mol. The Labute approximate surface area is 152 Å². The maximum absolute atomic E-state index is 11.6. The quantitative estimate of drug-likeness (QED) is 0.343. The van der Waals surface area contributed by atoms with Crippen LogP contribution < -0.4 is 0 Å². The average molecular weight is 347 g/mol. The van der Waals surface area contributed by atoms with Crippen LogP contribution in [0.5, 0.6) is 0 Å². The van der Waals surface area contributed by atoms with Gasteiger partial charge in [-0.25, -0.2) is 0 Å². The number of ether oxygens (including phenoxy) is 1. The summed E-state index contributed by atoms with van der Waals surface area (Å²) in [5.74, 6) is 0.502. The van der Waals surface area contributed by atoms with Gasteiger partial charge in [0.05, 0.1) is 6.10 Å². The molecule has 1 fully saturated rings. The topological polar surface area (TPSA) is 58.9 Å². The van der Waals surface area contributed by atoms with Gasteiger partial charge in [-0.3, -0.25) is 0 Å². The van der Waals surface area contributed by atoms with Gasteiger partial charge in [0, 0.05) is 0 Å². The second-order valence-corrected chi connectivity index (χ2v) is 7.94. The van der Waals surface area contributed by atoms with Crippen molar-refractivity contribution >= 4 is 0 Å². The fourth-order valence-corrected chi connectivity index (χ4v) is 3.26. The molecule has 25 heavy (non-hydrogen) atoms. The monoisotopic (exact) mass is 347 g/mol. The van der Waals surface area contributed by atoms with Gasteiger partial charge in [-0.2, -0.15) is 4.91 Å². The van der Waals surface area contributed by atoms with E-state index in [-0.39, 0.29) is 5.92 Å². The van der Waals surface area contributed by atoms with Crippen LogP contribution in [0.15, 0.2) is 54.0 Å². The van der Waals surface area contributed by atoms with Crippen molar-refractivity contribution in [2.75, 3.05) is 0 Å². The zero-order valence-electron chi connectivity index (χ0n) is 16.2. The molecule has 0 radical (unpaired) electrons. The molecule has 0 amide bonds. The molecule has 0 aromatic rings. The molecule has 0 saturated heterocycles. The fourth-order valence-electron chi connectivity index (χ4n) is 3.26. The summed E-state index contributed by atoms with van der Waals surface area (Å²) in [6, 6.07) is 0. The first-order valence-corrected chi connectivity index (χ1v) is 8.85. The van der Waals surface area contributed by atoms with E-state index in [2.05, 4.69) is 31.5 Å². The van der Waals surface area contributed by atoms with E-state index in [4.69, 9.17) is 4.74 Å². The molecule has 0 aromatic heterocycles. The highest BCUT2D eigenvalue weighted by atomic mass is 16.5. The van der Waals surface area contributed by atoms with Crippen molar-refractivity contribution in [2.45, 2.75) is 77.0 Å². The first-order chi connectivity index (χ1) is 11.4. The lowest BCUT2D eigenvalue weighted by atomic mass is 9.68. The lowest BCUT2D eigenvalue weighted by Crippen LogP contribution is -2.50. The molecule has 0 aromatic carbocycles. The van der Waals surface area contributed by atoms with Crippen LogP contribution >= 0.6 is 0 Å². The van der Waals surface area contributed by atoms with Crippen molar-refractivity contribution in [3.8, 4) is 0 Å². The van der Waals surface area contributed by atoms with Crippen molar-refractivity contribution < 1.29 is 9.84 Å². The van der Waals surface area contributed by atoms with Crippen molar-refractivity contribution in [1.82, 2.24) is 0 Å². The van der Waals surface area contributed by atoms with Crippen molar-refractivity contribution in [1.29, 1.82) is 0 Å². The largest absolute Gasteiger partial charge is 0.485 e. The predicted molar refractivity (Wildman–Crippen MR) is 104 cm³/mol. The van der Waals surface area contributed by atoms with Gasteiger partial charge in [0.25, 0.3) is 0 Å². The third-order valence-electron chi connectivity index (χ3n) is 5.66. The second-order valence-electron chi connectivity index (χ2n) is 7.94. The third-order valence-corrected chi connectivity index (χ3v) is 5.66. The lowest BCUT2D eigenvalue weighted by molar-refractivity contribution is -0.120. The smallest absolute Gasteiger partial charge is 0.132 e. The first-order valence-electron chi connectivity index (χ1n) is 8.85. The van der Waals surface area contributed by atoms with E-state index in [9.17, 15) is 10.0 Å². The van der Waals surface area contributed by atoms with Gasteiger partial charge in [-0.05, 0) is 71.3 Å². The van der Waals surface area contributed by atoms with Crippen LogP contribution in [0, 0.1) is 10.8 Å². The zero-order chi connectivity index (χ0) is 19.4. The Kier molecular flexibility index (Phi) is 6.95. The number of allylic oxidation sites excluding steroid dienone is 3. The highest BCUT2D eigenvalue weighted by molar-refractivity contribution is 5.23. The highest BCUT2D eigenvalue weighted by Crippen LogP contribution is 2.44. The third kappa shape index (κ3) is 5.15. The Hall–Kier alpha value is -1.68. The molecular formula is C21H33NO3. The summed E-state index contributed by atoms with van der Waals surface area (Å²) in [7, 11) is 0. The molecule has 0 aliphatic heterocycles. The van der Waals surface area contributed by atoms with Crippen LogP contribution in [0.3, 0.4) is 0 Å². The molecule has 4 atom stereocenters. The Balaban J connectivity index is 2.80. The van der Waals surface area contributed by atoms with Gasteiger partial charge in [-0.1, -0.05) is 42.6 Å². The number of hydrogen-bond acceptors (Lipinski definition) is 4. The van der Waals surface area contributed by atoms with E-state index in [0.29, 0.717) is 31.4 Å². The number of nitroso groups, excluding NO2 is 1. The number of hydrogen-bond donors (Lipinski definition) is 1. The molecule has 0 bridgehead atoms. The molecule has 1 aliphatic carbocycles. The SMILES string of the molecule is C=C(C)C(=C)CCC(C)(N=O)C1CCC(C)(OC(=C)C(=C)C)C(O)C1. The lowest BCUT2D eigenvalue weighted by Gasteiger charge is -2.45. The molecule has 4 nitrogen and oxygen atoms in total. The Morgan fingerprint density at radius 3 is 2.32 bits per heavy atom. The van der Waals surface area contributed by atoms with Crippen LogP contribution in [0.2, 0.25) is 0 Å². The van der Waals surface area contributed by atoms with Gasteiger partial charge in [0.2, 0.25) is 0 Å². The Morgan fingerprint density at radius 2 is 1.88 bits per heavy atom. The minimum Gasteiger partial charge on any atom is -0.485 e. The molecule has 140 valence electrons. The normalized spacial score (nSPS) is 28.5. The van der Waals surface area contributed by atoms with Crippen LogP contribution in [0.4, 0.5) is 0 Å². The molecule has 1 saturated carbocycles. The molecule has 0 spiro atoms.